The van der Waals surface area contributed by atoms with Crippen LogP contribution in [0.2, 0.25) is 5.15 Å². The molecule has 13 heteroatoms. The average Bonchev–Trinajstić information content (AvgIpc) is 3.68. The lowest BCUT2D eigenvalue weighted by atomic mass is 9.75. The summed E-state index contributed by atoms with van der Waals surface area (Å²) < 4.78 is 60.1. The highest BCUT2D eigenvalue weighted by Crippen LogP contribution is 2.69. The largest absolute Gasteiger partial charge is 0.481 e. The highest BCUT2D eigenvalue weighted by Gasteiger charge is 2.68. The zero-order valence-corrected chi connectivity index (χ0v) is 23.9. The van der Waals surface area contributed by atoms with Crippen LogP contribution in [-0.4, -0.2) is 67.4 Å². The molecule has 0 atom stereocenters. The number of carboxylic acids is 1. The number of pyridine rings is 1. The van der Waals surface area contributed by atoms with E-state index in [9.17, 15) is 23.1 Å². The Bertz CT molecular complexity index is 1490. The van der Waals surface area contributed by atoms with Gasteiger partial charge in [0.05, 0.1) is 10.3 Å². The van der Waals surface area contributed by atoms with Crippen molar-refractivity contribution in [2.75, 3.05) is 42.5 Å². The molecular formula is C28H31ClF2N4O5S. The summed E-state index contributed by atoms with van der Waals surface area (Å²) in [6.07, 6.45) is 1.93. The second-order valence-electron chi connectivity index (χ2n) is 11.7. The van der Waals surface area contributed by atoms with Crippen LogP contribution < -0.4 is 9.80 Å². The number of alkyl halides is 2. The van der Waals surface area contributed by atoms with E-state index in [2.05, 4.69) is 4.98 Å². The number of aliphatic carboxylic acids is 1. The number of aromatic nitrogens is 1. The SMILES string of the molecule is O=C1CCCN1c1ccc(S(=O)(=O)N2CCN(c3cc(C(F)(F)C45CCC(C(=O)O)(CC4)C5)cc(Cl)n3)CC2)cc1. The number of hydrogen-bond acceptors (Lipinski definition) is 6. The number of carbonyl (C=O) groups is 2. The predicted octanol–water partition coefficient (Wildman–Crippen LogP) is 4.50. The molecule has 2 aliphatic carbocycles. The fourth-order valence-electron chi connectivity index (χ4n) is 7.08. The van der Waals surface area contributed by atoms with Gasteiger partial charge in [0.25, 0.3) is 5.92 Å². The van der Waals surface area contributed by atoms with E-state index in [1.54, 1.807) is 21.9 Å². The van der Waals surface area contributed by atoms with Crippen LogP contribution in [0.4, 0.5) is 20.3 Å². The maximum Gasteiger partial charge on any atom is 0.309 e. The quantitative estimate of drug-likeness (QED) is 0.461. The third-order valence-corrected chi connectivity index (χ3v) is 11.6. The molecule has 4 fully saturated rings. The van der Waals surface area contributed by atoms with E-state index in [-0.39, 0.29) is 85.6 Å². The minimum Gasteiger partial charge on any atom is -0.481 e. The standard InChI is InChI=1S/C28H31ClF2N4O5S/c29-22-16-19(28(30,31)27-9-7-26(18-27,8-10-27)25(37)38)17-23(32-22)33-12-14-34(15-13-33)41(39,40)21-5-3-20(4-6-21)35-11-1-2-24(35)36/h3-6,16-17H,1-2,7-15,18H2,(H,37,38). The van der Waals surface area contributed by atoms with Crippen LogP contribution in [0.1, 0.15) is 50.5 Å². The molecule has 4 aliphatic rings. The van der Waals surface area contributed by atoms with E-state index in [0.717, 1.165) is 12.5 Å². The lowest BCUT2D eigenvalue weighted by Gasteiger charge is -2.37. The number of anilines is 2. The van der Waals surface area contributed by atoms with Crippen LogP contribution in [0.25, 0.3) is 0 Å². The van der Waals surface area contributed by atoms with Gasteiger partial charge < -0.3 is 14.9 Å². The van der Waals surface area contributed by atoms with E-state index in [1.165, 1.54) is 22.5 Å². The van der Waals surface area contributed by atoms with Crippen molar-refractivity contribution in [2.24, 2.45) is 10.8 Å². The molecule has 2 saturated carbocycles. The molecule has 6 rings (SSSR count). The van der Waals surface area contributed by atoms with Gasteiger partial charge in [-0.05, 0) is 74.9 Å². The van der Waals surface area contributed by atoms with Crippen LogP contribution in [0.3, 0.4) is 0 Å². The van der Waals surface area contributed by atoms with Crippen LogP contribution in [-0.2, 0) is 25.5 Å². The maximum absolute atomic E-state index is 16.1. The number of carboxylic acid groups (broad SMARTS) is 1. The Morgan fingerprint density at radius 3 is 2.22 bits per heavy atom. The second-order valence-corrected chi connectivity index (χ2v) is 14.0. The van der Waals surface area contributed by atoms with Crippen molar-refractivity contribution in [3.05, 3.63) is 47.1 Å². The molecule has 1 amide bonds. The van der Waals surface area contributed by atoms with Gasteiger partial charge in [-0.15, -0.1) is 0 Å². The molecule has 1 aromatic carbocycles. The van der Waals surface area contributed by atoms with Gasteiger partial charge in [0, 0.05) is 55.8 Å². The Morgan fingerprint density at radius 2 is 1.66 bits per heavy atom. The summed E-state index contributed by atoms with van der Waals surface area (Å²) in [5, 5.41) is 9.58. The van der Waals surface area contributed by atoms with E-state index in [0.29, 0.717) is 18.7 Å². The van der Waals surface area contributed by atoms with Crippen LogP contribution in [0.15, 0.2) is 41.3 Å². The Morgan fingerprint density at radius 1 is 1.00 bits per heavy atom. The molecule has 1 N–H and O–H groups in total. The van der Waals surface area contributed by atoms with Gasteiger partial charge in [0.1, 0.15) is 11.0 Å². The Labute approximate surface area is 242 Å². The van der Waals surface area contributed by atoms with Gasteiger partial charge in [-0.3, -0.25) is 9.59 Å². The molecule has 1 aromatic heterocycles. The van der Waals surface area contributed by atoms with Crippen molar-refractivity contribution in [1.82, 2.24) is 9.29 Å². The normalized spacial score (nSPS) is 27.1. The number of benzene rings is 1. The molecule has 0 spiro atoms. The van der Waals surface area contributed by atoms with Gasteiger partial charge >= 0.3 is 5.97 Å². The van der Waals surface area contributed by atoms with Gasteiger partial charge in [-0.2, -0.15) is 4.31 Å². The first-order valence-electron chi connectivity index (χ1n) is 13.8. The third-order valence-electron chi connectivity index (χ3n) is 9.53. The topological polar surface area (TPSA) is 111 Å². The zero-order valence-electron chi connectivity index (χ0n) is 22.4. The van der Waals surface area contributed by atoms with Crippen molar-refractivity contribution in [3.8, 4) is 0 Å². The summed E-state index contributed by atoms with van der Waals surface area (Å²) in [6, 6.07) is 8.73. The monoisotopic (exact) mass is 608 g/mol. The van der Waals surface area contributed by atoms with E-state index < -0.39 is 32.7 Å². The molecule has 2 saturated heterocycles. The molecule has 2 aromatic rings. The molecule has 0 radical (unpaired) electrons. The minimum absolute atomic E-state index is 0.0202. The number of piperazine rings is 1. The predicted molar refractivity (Wildman–Crippen MR) is 148 cm³/mol. The summed E-state index contributed by atoms with van der Waals surface area (Å²) >= 11 is 6.21. The molecule has 0 unspecified atom stereocenters. The highest BCUT2D eigenvalue weighted by atomic mass is 35.5. The number of amides is 1. The number of fused-ring (bicyclic) bond motifs is 2. The average molecular weight is 609 g/mol. The third kappa shape index (κ3) is 4.58. The Balaban J connectivity index is 1.16. The fraction of sp³-hybridized carbons (Fsp3) is 0.536. The first-order valence-corrected chi connectivity index (χ1v) is 15.6. The maximum atomic E-state index is 16.1. The zero-order chi connectivity index (χ0) is 29.2. The van der Waals surface area contributed by atoms with Gasteiger partial charge in [0.2, 0.25) is 15.9 Å². The molecular weight excluding hydrogens is 578 g/mol. The van der Waals surface area contributed by atoms with Crippen molar-refractivity contribution >= 4 is 45.0 Å². The van der Waals surface area contributed by atoms with Crippen LogP contribution >= 0.6 is 11.6 Å². The number of hydrogen-bond donors (Lipinski definition) is 1. The number of halogens is 3. The lowest BCUT2D eigenvalue weighted by molar-refractivity contribution is -0.148. The first-order chi connectivity index (χ1) is 19.4. The van der Waals surface area contributed by atoms with E-state index >= 15 is 8.78 Å². The molecule has 2 aliphatic heterocycles. The van der Waals surface area contributed by atoms with Crippen molar-refractivity contribution in [3.63, 3.8) is 0 Å². The van der Waals surface area contributed by atoms with Crippen LogP contribution in [0.5, 0.6) is 0 Å². The molecule has 3 heterocycles. The van der Waals surface area contributed by atoms with Gasteiger partial charge in [0.15, 0.2) is 0 Å². The van der Waals surface area contributed by atoms with Gasteiger partial charge in [-0.1, -0.05) is 11.6 Å². The smallest absolute Gasteiger partial charge is 0.309 e. The van der Waals surface area contributed by atoms with Crippen molar-refractivity contribution in [2.45, 2.75) is 55.8 Å². The highest BCUT2D eigenvalue weighted by molar-refractivity contribution is 7.89. The lowest BCUT2D eigenvalue weighted by Crippen LogP contribution is -2.49. The Hall–Kier alpha value is -2.83. The number of sulfonamides is 1. The molecule has 41 heavy (non-hydrogen) atoms. The number of nitrogens with zero attached hydrogens (tertiary/aromatic N) is 4. The summed E-state index contributed by atoms with van der Waals surface area (Å²) in [5.74, 6) is -4.04. The first kappa shape index (κ1) is 28.3. The summed E-state index contributed by atoms with van der Waals surface area (Å²) in [4.78, 5) is 31.6. The van der Waals surface area contributed by atoms with Crippen molar-refractivity contribution < 1.29 is 31.9 Å². The number of rotatable bonds is 7. The summed E-state index contributed by atoms with van der Waals surface area (Å²) in [5.41, 5.74) is -2.14. The minimum atomic E-state index is -3.80. The fourth-order valence-corrected chi connectivity index (χ4v) is 8.71. The van der Waals surface area contributed by atoms with Crippen LogP contribution in [0, 0.1) is 10.8 Å². The molecule has 2 bridgehead atoms. The van der Waals surface area contributed by atoms with Gasteiger partial charge in [-0.25, -0.2) is 22.2 Å². The van der Waals surface area contributed by atoms with E-state index in [4.69, 9.17) is 11.6 Å². The van der Waals surface area contributed by atoms with Crippen molar-refractivity contribution in [1.29, 1.82) is 0 Å². The summed E-state index contributed by atoms with van der Waals surface area (Å²) in [7, 11) is -3.80. The number of carbonyl (C=O) groups excluding carboxylic acids is 1. The molecule has 220 valence electrons. The second kappa shape index (κ2) is 9.88. The molecule has 9 nitrogen and oxygen atoms in total. The Kier molecular flexibility index (Phi) is 6.82. The summed E-state index contributed by atoms with van der Waals surface area (Å²) in [6.45, 7) is 1.32. The van der Waals surface area contributed by atoms with E-state index in [1.807, 2.05) is 0 Å².